The number of hydrogen-bond acceptors (Lipinski definition) is 3. The quantitative estimate of drug-likeness (QED) is 0.830. The van der Waals surface area contributed by atoms with E-state index in [1.165, 1.54) is 12.1 Å². The highest BCUT2D eigenvalue weighted by Crippen LogP contribution is 2.25. The molecule has 17 heavy (non-hydrogen) atoms. The second-order valence-electron chi connectivity index (χ2n) is 3.37. The lowest BCUT2D eigenvalue weighted by molar-refractivity contribution is -0.117. The van der Waals surface area contributed by atoms with Crippen LogP contribution in [0.3, 0.4) is 0 Å². The van der Waals surface area contributed by atoms with Crippen molar-refractivity contribution in [3.63, 3.8) is 0 Å². The molecular formula is C11H14F2N2O2. The number of amides is 1. The molecule has 1 atom stereocenters. The van der Waals surface area contributed by atoms with Crippen LogP contribution in [-0.2, 0) is 4.79 Å². The van der Waals surface area contributed by atoms with E-state index in [1.807, 2.05) is 0 Å². The molecule has 1 rings (SSSR count). The van der Waals surface area contributed by atoms with Crippen molar-refractivity contribution in [2.24, 2.45) is 0 Å². The third-order valence-electron chi connectivity index (χ3n) is 2.19. The number of ether oxygens (including phenoxy) is 1. The first-order chi connectivity index (χ1) is 8.04. The smallest absolute Gasteiger partial charge is 0.387 e. The maximum absolute atomic E-state index is 12.1. The molecule has 1 aromatic carbocycles. The highest BCUT2D eigenvalue weighted by atomic mass is 19.3. The Morgan fingerprint density at radius 1 is 1.35 bits per heavy atom. The Morgan fingerprint density at radius 3 is 2.59 bits per heavy atom. The van der Waals surface area contributed by atoms with Gasteiger partial charge in [-0.3, -0.25) is 4.79 Å². The van der Waals surface area contributed by atoms with Gasteiger partial charge in [0.1, 0.15) is 5.75 Å². The summed E-state index contributed by atoms with van der Waals surface area (Å²) in [7, 11) is 1.63. The number of rotatable bonds is 5. The molecule has 0 aliphatic heterocycles. The van der Waals surface area contributed by atoms with Crippen LogP contribution in [0, 0.1) is 0 Å². The van der Waals surface area contributed by atoms with Gasteiger partial charge in [-0.15, -0.1) is 0 Å². The number of likely N-dealkylation sites (N-methyl/N-ethyl adjacent to an activating group) is 1. The molecule has 2 N–H and O–H groups in total. The van der Waals surface area contributed by atoms with Gasteiger partial charge in [0.15, 0.2) is 0 Å². The van der Waals surface area contributed by atoms with Crippen LogP contribution in [0.1, 0.15) is 6.92 Å². The zero-order chi connectivity index (χ0) is 12.8. The first-order valence-corrected chi connectivity index (χ1v) is 5.06. The van der Waals surface area contributed by atoms with Crippen molar-refractivity contribution in [1.29, 1.82) is 0 Å². The van der Waals surface area contributed by atoms with Gasteiger partial charge in [-0.1, -0.05) is 12.1 Å². The van der Waals surface area contributed by atoms with Crippen molar-refractivity contribution >= 4 is 11.6 Å². The summed E-state index contributed by atoms with van der Waals surface area (Å²) in [5, 5.41) is 5.25. The number of carbonyl (C=O) groups excluding carboxylic acids is 1. The van der Waals surface area contributed by atoms with E-state index in [9.17, 15) is 13.6 Å². The van der Waals surface area contributed by atoms with E-state index in [0.29, 0.717) is 0 Å². The van der Waals surface area contributed by atoms with Crippen molar-refractivity contribution in [3.8, 4) is 5.75 Å². The van der Waals surface area contributed by atoms with E-state index in [1.54, 1.807) is 26.1 Å². The standard InChI is InChI=1S/C11H14F2N2O2/c1-7(14-2)10(16)15-8-5-3-4-6-9(8)17-11(12)13/h3-7,11,14H,1-2H3,(H,15,16). The fourth-order valence-corrected chi connectivity index (χ4v) is 1.14. The van der Waals surface area contributed by atoms with Gasteiger partial charge in [-0.25, -0.2) is 0 Å². The zero-order valence-corrected chi connectivity index (χ0v) is 9.54. The van der Waals surface area contributed by atoms with Gasteiger partial charge in [0.2, 0.25) is 5.91 Å². The molecule has 0 heterocycles. The lowest BCUT2D eigenvalue weighted by atomic mass is 10.2. The molecular weight excluding hydrogens is 230 g/mol. The minimum atomic E-state index is -2.92. The molecule has 94 valence electrons. The normalized spacial score (nSPS) is 12.3. The predicted molar refractivity (Wildman–Crippen MR) is 60.2 cm³/mol. The third-order valence-corrected chi connectivity index (χ3v) is 2.19. The summed E-state index contributed by atoms with van der Waals surface area (Å²) in [5.74, 6) is -0.378. The molecule has 0 radical (unpaired) electrons. The number of carbonyl (C=O) groups is 1. The van der Waals surface area contributed by atoms with Crippen LogP contribution in [0.25, 0.3) is 0 Å². The number of benzene rings is 1. The Hall–Kier alpha value is -1.69. The summed E-state index contributed by atoms with van der Waals surface area (Å²) in [4.78, 5) is 11.6. The molecule has 1 unspecified atom stereocenters. The first kappa shape index (κ1) is 13.4. The Labute approximate surface area is 98.0 Å². The topological polar surface area (TPSA) is 50.4 Å². The average Bonchev–Trinajstić information content (AvgIpc) is 2.29. The number of para-hydroxylation sites is 2. The largest absolute Gasteiger partial charge is 0.433 e. The summed E-state index contributed by atoms with van der Waals surface area (Å²) < 4.78 is 28.5. The van der Waals surface area contributed by atoms with Crippen LogP contribution in [0.4, 0.5) is 14.5 Å². The van der Waals surface area contributed by atoms with Crippen LogP contribution in [0.15, 0.2) is 24.3 Å². The molecule has 0 saturated heterocycles. The number of halogens is 2. The summed E-state index contributed by atoms with van der Waals surface area (Å²) in [6.45, 7) is -1.26. The fourth-order valence-electron chi connectivity index (χ4n) is 1.14. The minimum absolute atomic E-state index is 0.0563. The second-order valence-corrected chi connectivity index (χ2v) is 3.37. The molecule has 1 aromatic rings. The summed E-state index contributed by atoms with van der Waals surface area (Å²) >= 11 is 0. The monoisotopic (exact) mass is 244 g/mol. The number of hydrogen-bond donors (Lipinski definition) is 2. The Balaban J connectivity index is 2.79. The minimum Gasteiger partial charge on any atom is -0.433 e. The number of anilines is 1. The lowest BCUT2D eigenvalue weighted by Crippen LogP contribution is -2.35. The number of alkyl halides is 2. The summed E-state index contributed by atoms with van der Waals surface area (Å²) in [6, 6.07) is 5.62. The third kappa shape index (κ3) is 3.99. The van der Waals surface area contributed by atoms with E-state index in [4.69, 9.17) is 0 Å². The first-order valence-electron chi connectivity index (χ1n) is 5.06. The van der Waals surface area contributed by atoms with E-state index >= 15 is 0 Å². The molecule has 0 aliphatic rings. The van der Waals surface area contributed by atoms with Crippen molar-refractivity contribution < 1.29 is 18.3 Å². The fraction of sp³-hybridized carbons (Fsp3) is 0.364. The average molecular weight is 244 g/mol. The molecule has 0 spiro atoms. The summed E-state index contributed by atoms with van der Waals surface area (Å²) in [5.41, 5.74) is 0.222. The van der Waals surface area contributed by atoms with Crippen LogP contribution in [-0.4, -0.2) is 25.6 Å². The van der Waals surface area contributed by atoms with Crippen LogP contribution < -0.4 is 15.4 Å². The highest BCUT2D eigenvalue weighted by Gasteiger charge is 2.14. The SMILES string of the molecule is CNC(C)C(=O)Nc1ccccc1OC(F)F. The lowest BCUT2D eigenvalue weighted by Gasteiger charge is -2.14. The van der Waals surface area contributed by atoms with Gasteiger partial charge in [0.05, 0.1) is 11.7 Å². The van der Waals surface area contributed by atoms with E-state index in [2.05, 4.69) is 15.4 Å². The van der Waals surface area contributed by atoms with Gasteiger partial charge >= 0.3 is 6.61 Å². The van der Waals surface area contributed by atoms with E-state index in [-0.39, 0.29) is 17.3 Å². The van der Waals surface area contributed by atoms with Crippen molar-refractivity contribution in [1.82, 2.24) is 5.32 Å². The van der Waals surface area contributed by atoms with Crippen LogP contribution in [0.2, 0.25) is 0 Å². The molecule has 0 fully saturated rings. The van der Waals surface area contributed by atoms with Gasteiger partial charge < -0.3 is 15.4 Å². The summed E-state index contributed by atoms with van der Waals surface area (Å²) in [6.07, 6.45) is 0. The molecule has 1 amide bonds. The zero-order valence-electron chi connectivity index (χ0n) is 9.54. The Morgan fingerprint density at radius 2 is 2.00 bits per heavy atom. The van der Waals surface area contributed by atoms with Crippen molar-refractivity contribution in [2.75, 3.05) is 12.4 Å². The maximum atomic E-state index is 12.1. The van der Waals surface area contributed by atoms with Gasteiger partial charge in [0, 0.05) is 0 Å². The Bertz CT molecular complexity index is 385. The highest BCUT2D eigenvalue weighted by molar-refractivity contribution is 5.95. The van der Waals surface area contributed by atoms with Crippen LogP contribution in [0.5, 0.6) is 5.75 Å². The molecule has 4 nitrogen and oxygen atoms in total. The van der Waals surface area contributed by atoms with Crippen molar-refractivity contribution in [3.05, 3.63) is 24.3 Å². The van der Waals surface area contributed by atoms with E-state index < -0.39 is 12.7 Å². The maximum Gasteiger partial charge on any atom is 0.387 e. The molecule has 6 heteroatoms. The molecule has 0 saturated carbocycles. The van der Waals surface area contributed by atoms with Gasteiger partial charge in [0.25, 0.3) is 0 Å². The van der Waals surface area contributed by atoms with Crippen molar-refractivity contribution in [2.45, 2.75) is 19.6 Å². The van der Waals surface area contributed by atoms with Gasteiger partial charge in [-0.05, 0) is 26.1 Å². The Kier molecular flexibility index (Phi) is 4.84. The molecule has 0 aliphatic carbocycles. The van der Waals surface area contributed by atoms with E-state index in [0.717, 1.165) is 0 Å². The predicted octanol–water partition coefficient (Wildman–Crippen LogP) is 1.83. The second kappa shape index (κ2) is 6.15. The number of nitrogens with one attached hydrogen (secondary N) is 2. The van der Waals surface area contributed by atoms with Crippen LogP contribution >= 0.6 is 0 Å². The van der Waals surface area contributed by atoms with Gasteiger partial charge in [-0.2, -0.15) is 8.78 Å². The molecule has 0 bridgehead atoms. The molecule has 0 aromatic heterocycles.